The molecule has 0 bridgehead atoms. The minimum atomic E-state index is -3.64. The average molecular weight is 415 g/mol. The number of carboxylic acid groups (broad SMARTS) is 1. The van der Waals surface area contributed by atoms with Gasteiger partial charge in [0.15, 0.2) is 0 Å². The van der Waals surface area contributed by atoms with Crippen molar-refractivity contribution < 1.29 is 18.3 Å². The van der Waals surface area contributed by atoms with E-state index in [0.29, 0.717) is 4.47 Å². The van der Waals surface area contributed by atoms with Crippen molar-refractivity contribution in [2.45, 2.75) is 18.2 Å². The van der Waals surface area contributed by atoms with E-state index in [0.717, 1.165) is 4.47 Å². The molecule has 8 heteroatoms. The Hall–Kier alpha value is -0.440. The SMILES string of the molecule is CC(CCNS(=O)(=O)c1ccc(Br)cc1Br)C(=O)O. The molecule has 0 saturated heterocycles. The summed E-state index contributed by atoms with van der Waals surface area (Å²) in [4.78, 5) is 10.8. The van der Waals surface area contributed by atoms with E-state index in [9.17, 15) is 13.2 Å². The first-order chi connectivity index (χ1) is 8.74. The van der Waals surface area contributed by atoms with Crippen molar-refractivity contribution >= 4 is 47.9 Å². The van der Waals surface area contributed by atoms with Gasteiger partial charge in [0, 0.05) is 15.5 Å². The minimum absolute atomic E-state index is 0.0817. The number of carboxylic acids is 1. The molecule has 0 heterocycles. The summed E-state index contributed by atoms with van der Waals surface area (Å²) in [5, 5.41) is 8.71. The van der Waals surface area contributed by atoms with Crippen molar-refractivity contribution in [2.75, 3.05) is 6.54 Å². The Balaban J connectivity index is 2.74. The van der Waals surface area contributed by atoms with E-state index in [2.05, 4.69) is 36.6 Å². The Labute approximate surface area is 128 Å². The predicted molar refractivity (Wildman–Crippen MR) is 78.4 cm³/mol. The highest BCUT2D eigenvalue weighted by molar-refractivity contribution is 9.11. The Morgan fingerprint density at radius 3 is 2.58 bits per heavy atom. The van der Waals surface area contributed by atoms with Gasteiger partial charge in [-0.2, -0.15) is 0 Å². The zero-order valence-electron chi connectivity index (χ0n) is 10.1. The second kappa shape index (κ2) is 6.83. The van der Waals surface area contributed by atoms with Gasteiger partial charge in [0.05, 0.1) is 10.8 Å². The zero-order valence-corrected chi connectivity index (χ0v) is 14.0. The third-order valence-electron chi connectivity index (χ3n) is 2.47. The van der Waals surface area contributed by atoms with Crippen LogP contribution in [0.4, 0.5) is 0 Å². The van der Waals surface area contributed by atoms with Gasteiger partial charge in [-0.05, 0) is 40.5 Å². The highest BCUT2D eigenvalue weighted by atomic mass is 79.9. The standard InChI is InChI=1S/C11H13Br2NO4S/c1-7(11(15)16)4-5-14-19(17,18)10-3-2-8(12)6-9(10)13/h2-3,6-7,14H,4-5H2,1H3,(H,15,16). The topological polar surface area (TPSA) is 83.5 Å². The lowest BCUT2D eigenvalue weighted by Crippen LogP contribution is -2.27. The molecule has 0 aromatic heterocycles. The summed E-state index contributed by atoms with van der Waals surface area (Å²) in [6.45, 7) is 1.62. The number of nitrogens with one attached hydrogen (secondary N) is 1. The largest absolute Gasteiger partial charge is 0.481 e. The van der Waals surface area contributed by atoms with Crippen molar-refractivity contribution in [3.63, 3.8) is 0 Å². The number of carbonyl (C=O) groups is 1. The normalized spacial score (nSPS) is 13.2. The van der Waals surface area contributed by atoms with Crippen LogP contribution in [0.15, 0.2) is 32.0 Å². The van der Waals surface area contributed by atoms with Crippen molar-refractivity contribution in [1.82, 2.24) is 4.72 Å². The molecule has 5 nitrogen and oxygen atoms in total. The minimum Gasteiger partial charge on any atom is -0.481 e. The van der Waals surface area contributed by atoms with Crippen LogP contribution >= 0.6 is 31.9 Å². The summed E-state index contributed by atoms with van der Waals surface area (Å²) < 4.78 is 27.6. The van der Waals surface area contributed by atoms with E-state index in [1.54, 1.807) is 12.1 Å². The van der Waals surface area contributed by atoms with Crippen LogP contribution in [0.25, 0.3) is 0 Å². The van der Waals surface area contributed by atoms with E-state index >= 15 is 0 Å². The van der Waals surface area contributed by atoms with Crippen molar-refractivity contribution in [3.05, 3.63) is 27.1 Å². The fraction of sp³-hybridized carbons (Fsp3) is 0.364. The number of hydrogen-bond donors (Lipinski definition) is 2. The van der Waals surface area contributed by atoms with Gasteiger partial charge in [0.1, 0.15) is 0 Å². The summed E-state index contributed by atoms with van der Waals surface area (Å²) >= 11 is 6.42. The molecule has 2 N–H and O–H groups in total. The smallest absolute Gasteiger partial charge is 0.306 e. The molecule has 1 aromatic carbocycles. The predicted octanol–water partition coefficient (Wildman–Crippen LogP) is 2.60. The second-order valence-corrected chi connectivity index (χ2v) is 7.51. The van der Waals surface area contributed by atoms with Crippen LogP contribution in [0.5, 0.6) is 0 Å². The molecule has 1 aromatic rings. The number of rotatable bonds is 6. The van der Waals surface area contributed by atoms with Crippen LogP contribution in [-0.2, 0) is 14.8 Å². The molecule has 0 amide bonds. The van der Waals surface area contributed by atoms with Gasteiger partial charge >= 0.3 is 5.97 Å². The van der Waals surface area contributed by atoms with Gasteiger partial charge in [-0.25, -0.2) is 13.1 Å². The molecular weight excluding hydrogens is 402 g/mol. The Kier molecular flexibility index (Phi) is 5.97. The lowest BCUT2D eigenvalue weighted by Gasteiger charge is -2.10. The van der Waals surface area contributed by atoms with Gasteiger partial charge in [-0.3, -0.25) is 4.79 Å². The first kappa shape index (κ1) is 16.6. The van der Waals surface area contributed by atoms with Gasteiger partial charge in [-0.1, -0.05) is 22.9 Å². The summed E-state index contributed by atoms with van der Waals surface area (Å²) in [5.41, 5.74) is 0. The van der Waals surface area contributed by atoms with E-state index in [-0.39, 0.29) is 17.9 Å². The lowest BCUT2D eigenvalue weighted by molar-refractivity contribution is -0.141. The number of sulfonamides is 1. The molecular formula is C11H13Br2NO4S. The number of aliphatic carboxylic acids is 1. The molecule has 0 aliphatic rings. The van der Waals surface area contributed by atoms with Crippen molar-refractivity contribution in [1.29, 1.82) is 0 Å². The quantitative estimate of drug-likeness (QED) is 0.749. The molecule has 19 heavy (non-hydrogen) atoms. The lowest BCUT2D eigenvalue weighted by atomic mass is 10.1. The van der Waals surface area contributed by atoms with Crippen molar-refractivity contribution in [2.24, 2.45) is 5.92 Å². The van der Waals surface area contributed by atoms with Crippen LogP contribution in [0.2, 0.25) is 0 Å². The number of hydrogen-bond acceptors (Lipinski definition) is 3. The zero-order chi connectivity index (χ0) is 14.6. The molecule has 1 unspecified atom stereocenters. The fourth-order valence-corrected chi connectivity index (χ4v) is 4.10. The molecule has 0 aliphatic heterocycles. The van der Waals surface area contributed by atoms with Crippen LogP contribution in [0.1, 0.15) is 13.3 Å². The summed E-state index contributed by atoms with van der Waals surface area (Å²) in [7, 11) is -3.64. The van der Waals surface area contributed by atoms with Gasteiger partial charge in [0.25, 0.3) is 0 Å². The summed E-state index contributed by atoms with van der Waals surface area (Å²) in [6.07, 6.45) is 0.239. The average Bonchev–Trinajstić information content (AvgIpc) is 2.27. The first-order valence-electron chi connectivity index (χ1n) is 5.41. The maximum absolute atomic E-state index is 12.0. The van der Waals surface area contributed by atoms with Crippen LogP contribution in [0, 0.1) is 5.92 Å². The van der Waals surface area contributed by atoms with E-state index < -0.39 is 21.9 Å². The fourth-order valence-electron chi connectivity index (χ4n) is 1.30. The van der Waals surface area contributed by atoms with Gasteiger partial charge in [0.2, 0.25) is 10.0 Å². The molecule has 0 radical (unpaired) electrons. The molecule has 106 valence electrons. The van der Waals surface area contributed by atoms with E-state index in [1.807, 2.05) is 0 Å². The number of benzene rings is 1. The molecule has 1 rings (SSSR count). The van der Waals surface area contributed by atoms with E-state index in [4.69, 9.17) is 5.11 Å². The molecule has 0 saturated carbocycles. The number of halogens is 2. The van der Waals surface area contributed by atoms with Crippen LogP contribution in [-0.4, -0.2) is 26.0 Å². The van der Waals surface area contributed by atoms with Gasteiger partial charge in [-0.15, -0.1) is 0 Å². The Morgan fingerprint density at radius 2 is 2.05 bits per heavy atom. The third-order valence-corrected chi connectivity index (χ3v) is 5.41. The maximum Gasteiger partial charge on any atom is 0.306 e. The van der Waals surface area contributed by atoms with E-state index in [1.165, 1.54) is 13.0 Å². The second-order valence-electron chi connectivity index (χ2n) is 4.00. The third kappa shape index (κ3) is 4.87. The Morgan fingerprint density at radius 1 is 1.42 bits per heavy atom. The molecule has 0 aliphatic carbocycles. The monoisotopic (exact) mass is 413 g/mol. The highest BCUT2D eigenvalue weighted by Crippen LogP contribution is 2.25. The summed E-state index contributed by atoms with van der Waals surface area (Å²) in [6, 6.07) is 4.73. The van der Waals surface area contributed by atoms with Crippen LogP contribution < -0.4 is 4.72 Å². The van der Waals surface area contributed by atoms with Crippen molar-refractivity contribution in [3.8, 4) is 0 Å². The molecule has 1 atom stereocenters. The first-order valence-corrected chi connectivity index (χ1v) is 8.48. The molecule has 0 fully saturated rings. The van der Waals surface area contributed by atoms with Crippen LogP contribution in [0.3, 0.4) is 0 Å². The molecule has 0 spiro atoms. The highest BCUT2D eigenvalue weighted by Gasteiger charge is 2.18. The Bertz CT molecular complexity index is 574. The van der Waals surface area contributed by atoms with Gasteiger partial charge < -0.3 is 5.11 Å². The summed E-state index contributed by atoms with van der Waals surface area (Å²) in [5.74, 6) is -1.53. The maximum atomic E-state index is 12.0.